The van der Waals surface area contributed by atoms with Gasteiger partial charge in [-0.15, -0.1) is 0 Å². The number of aliphatic carboxylic acids is 1. The lowest BCUT2D eigenvalue weighted by Gasteiger charge is -2.26. The number of nitrogens with two attached hydrogens (primary N) is 1. The molecule has 0 aliphatic carbocycles. The van der Waals surface area contributed by atoms with Gasteiger partial charge >= 0.3 is 5.97 Å². The van der Waals surface area contributed by atoms with Gasteiger partial charge in [0, 0.05) is 47.9 Å². The average Bonchev–Trinajstić information content (AvgIpc) is 3.77. The fourth-order valence-corrected chi connectivity index (χ4v) is 8.02. The van der Waals surface area contributed by atoms with Crippen LogP contribution in [-0.4, -0.2) is 96.7 Å². The van der Waals surface area contributed by atoms with Gasteiger partial charge in [-0.3, -0.25) is 38.7 Å². The number of hydrogen-bond acceptors (Lipinski definition) is 10. The number of amides is 5. The van der Waals surface area contributed by atoms with Crippen molar-refractivity contribution in [3.05, 3.63) is 163 Å². The molecule has 0 radical (unpaired) electrons. The zero-order valence-corrected chi connectivity index (χ0v) is 37.7. The maximum absolute atomic E-state index is 14.4. The summed E-state index contributed by atoms with van der Waals surface area (Å²) in [5.41, 5.74) is 12.3. The first-order valence-corrected chi connectivity index (χ1v) is 23.1. The molecular formula is C51H49N9O7S. The smallest absolute Gasteiger partial charge is 0.305 e. The molecule has 0 aliphatic heterocycles. The van der Waals surface area contributed by atoms with Gasteiger partial charge in [0.2, 0.25) is 23.6 Å². The van der Waals surface area contributed by atoms with Crippen LogP contribution in [0.5, 0.6) is 0 Å². The van der Waals surface area contributed by atoms with Gasteiger partial charge in [0.15, 0.2) is 0 Å². The van der Waals surface area contributed by atoms with Crippen LogP contribution in [0.4, 0.5) is 0 Å². The molecule has 5 amide bonds. The van der Waals surface area contributed by atoms with E-state index in [1.165, 1.54) is 11.8 Å². The molecule has 16 nitrogen and oxygen atoms in total. The quantitative estimate of drug-likeness (QED) is 0.0499. The Morgan fingerprint density at radius 1 is 0.632 bits per heavy atom. The van der Waals surface area contributed by atoms with E-state index < -0.39 is 66.1 Å². The lowest BCUT2D eigenvalue weighted by Crippen LogP contribution is -2.59. The molecule has 346 valence electrons. The first-order valence-electron chi connectivity index (χ1n) is 21.7. The highest BCUT2D eigenvalue weighted by Gasteiger charge is 2.33. The number of hydrogen-bond donors (Lipinski definition) is 7. The number of aromatic amines is 1. The summed E-state index contributed by atoms with van der Waals surface area (Å²) in [5.74, 6) is -4.90. The van der Waals surface area contributed by atoms with Gasteiger partial charge in [-0.25, -0.2) is 4.98 Å². The molecule has 4 heterocycles. The topological polar surface area (TPSA) is 251 Å². The SMILES string of the molecule is CSCC[C@H](NC(=O)[C@H](Cc1c[nH]c2ccccc12)NC(=O)c1ccc(-c2cc(-c3ccccn3)nc(-c3ccccn3)c2)cc1)C(=O)N[C@@H](CC(=O)O)C(=O)N[C@@H](Cc1ccccc1)C(N)=O. The van der Waals surface area contributed by atoms with Crippen molar-refractivity contribution < 1.29 is 33.9 Å². The summed E-state index contributed by atoms with van der Waals surface area (Å²) in [5, 5.41) is 21.2. The Bertz CT molecular complexity index is 2830. The van der Waals surface area contributed by atoms with E-state index in [1.54, 1.807) is 73.2 Å². The third-order valence-corrected chi connectivity index (χ3v) is 11.7. The fourth-order valence-electron chi connectivity index (χ4n) is 7.55. The molecule has 68 heavy (non-hydrogen) atoms. The number of para-hydroxylation sites is 1. The highest BCUT2D eigenvalue weighted by molar-refractivity contribution is 7.98. The molecule has 0 unspecified atom stereocenters. The Morgan fingerprint density at radius 2 is 1.22 bits per heavy atom. The third kappa shape index (κ3) is 12.6. The number of thioether (sulfide) groups is 1. The largest absolute Gasteiger partial charge is 0.481 e. The normalized spacial score (nSPS) is 12.8. The van der Waals surface area contributed by atoms with Crippen molar-refractivity contribution in [2.24, 2.45) is 5.73 Å². The van der Waals surface area contributed by atoms with E-state index in [1.807, 2.05) is 79.1 Å². The van der Waals surface area contributed by atoms with Crippen molar-refractivity contribution >= 4 is 58.2 Å². The Kier molecular flexibility index (Phi) is 16.0. The van der Waals surface area contributed by atoms with Crippen LogP contribution >= 0.6 is 11.8 Å². The Balaban J connectivity index is 1.12. The first-order chi connectivity index (χ1) is 32.9. The van der Waals surface area contributed by atoms with Gasteiger partial charge in [0.05, 0.1) is 29.2 Å². The lowest BCUT2D eigenvalue weighted by atomic mass is 10.0. The van der Waals surface area contributed by atoms with Crippen LogP contribution in [-0.2, 0) is 36.8 Å². The van der Waals surface area contributed by atoms with Gasteiger partial charge in [-0.05, 0) is 95.3 Å². The van der Waals surface area contributed by atoms with Crippen LogP contribution < -0.4 is 27.0 Å². The molecule has 0 saturated carbocycles. The van der Waals surface area contributed by atoms with E-state index >= 15 is 0 Å². The van der Waals surface area contributed by atoms with Crippen LogP contribution in [0.2, 0.25) is 0 Å². The molecule has 4 atom stereocenters. The maximum Gasteiger partial charge on any atom is 0.305 e. The number of benzene rings is 3. The van der Waals surface area contributed by atoms with Gasteiger partial charge in [0.25, 0.3) is 5.91 Å². The number of nitrogens with one attached hydrogen (secondary N) is 5. The van der Waals surface area contributed by atoms with Crippen LogP contribution in [0.25, 0.3) is 44.8 Å². The van der Waals surface area contributed by atoms with E-state index in [4.69, 9.17) is 10.7 Å². The summed E-state index contributed by atoms with van der Waals surface area (Å²) in [6.45, 7) is 0. The number of fused-ring (bicyclic) bond motifs is 1. The zero-order valence-electron chi connectivity index (χ0n) is 36.9. The first kappa shape index (κ1) is 47.8. The van der Waals surface area contributed by atoms with Gasteiger partial charge in [-0.1, -0.05) is 72.8 Å². The molecule has 17 heteroatoms. The summed E-state index contributed by atoms with van der Waals surface area (Å²) in [7, 11) is 0. The number of nitrogens with zero attached hydrogens (tertiary/aromatic N) is 3. The second-order valence-electron chi connectivity index (χ2n) is 15.9. The maximum atomic E-state index is 14.4. The molecule has 0 spiro atoms. The minimum Gasteiger partial charge on any atom is -0.481 e. The molecule has 7 rings (SSSR count). The van der Waals surface area contributed by atoms with Crippen molar-refractivity contribution in [2.45, 2.75) is 49.9 Å². The number of aromatic nitrogens is 4. The summed E-state index contributed by atoms with van der Waals surface area (Å²) in [4.78, 5) is 97.4. The van der Waals surface area contributed by atoms with E-state index in [2.05, 4.69) is 36.2 Å². The van der Waals surface area contributed by atoms with Crippen LogP contribution in [0.1, 0.15) is 34.3 Å². The predicted molar refractivity (Wildman–Crippen MR) is 260 cm³/mol. The number of carbonyl (C=O) groups is 6. The number of H-pyrrole nitrogens is 1. The molecular weight excluding hydrogens is 883 g/mol. The average molecular weight is 932 g/mol. The second-order valence-corrected chi connectivity index (χ2v) is 16.9. The summed E-state index contributed by atoms with van der Waals surface area (Å²) < 4.78 is 0. The fraction of sp³-hybridized carbons (Fsp3) is 0.196. The molecule has 0 bridgehead atoms. The predicted octanol–water partition coefficient (Wildman–Crippen LogP) is 5.11. The van der Waals surface area contributed by atoms with Crippen LogP contribution in [0.3, 0.4) is 0 Å². The highest BCUT2D eigenvalue weighted by Crippen LogP contribution is 2.29. The molecule has 3 aromatic carbocycles. The van der Waals surface area contributed by atoms with E-state index in [9.17, 15) is 33.9 Å². The van der Waals surface area contributed by atoms with E-state index in [-0.39, 0.29) is 24.8 Å². The minimum absolute atomic E-state index is 0.0279. The van der Waals surface area contributed by atoms with Crippen LogP contribution in [0, 0.1) is 0 Å². The number of rotatable bonds is 21. The minimum atomic E-state index is -1.63. The van der Waals surface area contributed by atoms with Crippen molar-refractivity contribution in [1.82, 2.24) is 41.2 Å². The Hall–Kier alpha value is -8.18. The number of carboxylic acid groups (broad SMARTS) is 1. The molecule has 4 aromatic heterocycles. The summed E-state index contributed by atoms with van der Waals surface area (Å²) >= 11 is 1.40. The molecule has 0 aliphatic rings. The monoisotopic (exact) mass is 931 g/mol. The number of carbonyl (C=O) groups excluding carboxylic acids is 5. The molecule has 0 saturated heterocycles. The molecule has 7 aromatic rings. The van der Waals surface area contributed by atoms with E-state index in [0.29, 0.717) is 34.1 Å². The molecule has 0 fully saturated rings. The van der Waals surface area contributed by atoms with Crippen molar-refractivity contribution in [2.75, 3.05) is 12.0 Å². The van der Waals surface area contributed by atoms with Gasteiger partial charge < -0.3 is 37.1 Å². The Labute approximate surface area is 396 Å². The zero-order chi connectivity index (χ0) is 48.0. The van der Waals surface area contributed by atoms with Gasteiger partial charge in [-0.2, -0.15) is 11.8 Å². The number of carboxylic acids is 1. The summed E-state index contributed by atoms with van der Waals surface area (Å²) in [6, 6.07) is 32.8. The van der Waals surface area contributed by atoms with Crippen molar-refractivity contribution in [3.63, 3.8) is 0 Å². The number of pyridine rings is 3. The number of primary amides is 1. The van der Waals surface area contributed by atoms with Gasteiger partial charge in [0.1, 0.15) is 24.2 Å². The second kappa shape index (κ2) is 22.8. The van der Waals surface area contributed by atoms with Crippen LogP contribution in [0.15, 0.2) is 146 Å². The summed E-state index contributed by atoms with van der Waals surface area (Å²) in [6.07, 6.45) is 6.27. The van der Waals surface area contributed by atoms with Crippen molar-refractivity contribution in [1.29, 1.82) is 0 Å². The Morgan fingerprint density at radius 3 is 1.84 bits per heavy atom. The lowest BCUT2D eigenvalue weighted by molar-refractivity contribution is -0.141. The van der Waals surface area contributed by atoms with Crippen molar-refractivity contribution in [3.8, 4) is 33.9 Å². The third-order valence-electron chi connectivity index (χ3n) is 11.1. The van der Waals surface area contributed by atoms with E-state index in [0.717, 1.165) is 27.6 Å². The standard InChI is InChI=1S/C51H49N9O7S/c1-68-24-21-40(49(65)60-45(29-46(61)62)51(67)58-43(47(52)63)25-31-11-3-2-4-12-31)57-50(66)44(28-35-30-55-37-14-6-5-13-36(35)37)59-48(64)33-19-17-32(18-20-33)34-26-41(38-15-7-9-22-53-38)56-42(27-34)39-16-8-10-23-54-39/h2-20,22-23,26-27,30,40,43-45,55H,21,24-25,28-29H2,1H3,(H2,52,63)(H,57,66)(H,58,67)(H,59,64)(H,60,65)(H,61,62)/t40-,43-,44-,45-/m0/s1. The molecule has 8 N–H and O–H groups in total. The highest BCUT2D eigenvalue weighted by atomic mass is 32.2.